The van der Waals surface area contributed by atoms with Gasteiger partial charge >= 0.3 is 0 Å². The van der Waals surface area contributed by atoms with Crippen molar-refractivity contribution >= 4 is 22.8 Å². The molecule has 9 nitrogen and oxygen atoms in total. The maximum absolute atomic E-state index is 12.3. The predicted molar refractivity (Wildman–Crippen MR) is 99.8 cm³/mol. The van der Waals surface area contributed by atoms with Crippen LogP contribution in [0, 0.1) is 10.1 Å². The molecule has 0 saturated heterocycles. The summed E-state index contributed by atoms with van der Waals surface area (Å²) in [6.07, 6.45) is 0.155. The number of fused-ring (bicyclic) bond motifs is 1. The van der Waals surface area contributed by atoms with E-state index in [2.05, 4.69) is 15.0 Å². The molecule has 0 atom stereocenters. The number of nitrogens with zero attached hydrogens (tertiary/aromatic N) is 4. The van der Waals surface area contributed by atoms with Crippen LogP contribution < -0.4 is 11.3 Å². The molecule has 0 fully saturated rings. The van der Waals surface area contributed by atoms with Crippen LogP contribution in [0.25, 0.3) is 16.9 Å². The van der Waals surface area contributed by atoms with Crippen molar-refractivity contribution < 1.29 is 4.92 Å². The van der Waals surface area contributed by atoms with E-state index in [0.717, 1.165) is 5.69 Å². The second kappa shape index (κ2) is 6.37. The number of nitrogens with one attached hydrogen (secondary N) is 1. The number of nitro groups is 1. The van der Waals surface area contributed by atoms with Crippen molar-refractivity contribution in [2.45, 2.75) is 6.42 Å². The minimum atomic E-state index is -0.462. The standard InChI is InChI=1S/C18H14N6O3/c19-18-21-16-15(17(25)22-18)20-14(23(16)12-7-2-1-3-8-12)10-11-6-4-5-9-13(11)24(26)27/h1-9H,10H2,(H3,19,21,22,25). The third-order valence-electron chi connectivity index (χ3n) is 4.16. The van der Waals surface area contributed by atoms with Crippen LogP contribution in [0.5, 0.6) is 0 Å². The minimum Gasteiger partial charge on any atom is -0.369 e. The van der Waals surface area contributed by atoms with E-state index in [0.29, 0.717) is 17.0 Å². The summed E-state index contributed by atoms with van der Waals surface area (Å²) in [4.78, 5) is 34.2. The molecule has 134 valence electrons. The van der Waals surface area contributed by atoms with Crippen molar-refractivity contribution in [3.8, 4) is 5.69 Å². The van der Waals surface area contributed by atoms with Gasteiger partial charge in [0.25, 0.3) is 11.2 Å². The molecule has 3 N–H and O–H groups in total. The maximum Gasteiger partial charge on any atom is 0.280 e. The summed E-state index contributed by atoms with van der Waals surface area (Å²) in [5.41, 5.74) is 6.87. The van der Waals surface area contributed by atoms with Crippen molar-refractivity contribution in [3.63, 3.8) is 0 Å². The number of rotatable bonds is 4. The number of para-hydroxylation sites is 2. The molecule has 0 bridgehead atoms. The number of aromatic nitrogens is 4. The van der Waals surface area contributed by atoms with Crippen molar-refractivity contribution in [3.05, 3.63) is 86.5 Å². The van der Waals surface area contributed by atoms with Gasteiger partial charge in [0.05, 0.1) is 4.92 Å². The highest BCUT2D eigenvalue weighted by Gasteiger charge is 2.20. The highest BCUT2D eigenvalue weighted by atomic mass is 16.6. The van der Waals surface area contributed by atoms with Crippen molar-refractivity contribution in [2.24, 2.45) is 0 Å². The number of anilines is 1. The average molecular weight is 362 g/mol. The molecule has 9 heteroatoms. The largest absolute Gasteiger partial charge is 0.369 e. The van der Waals surface area contributed by atoms with Gasteiger partial charge in [-0.1, -0.05) is 36.4 Å². The van der Waals surface area contributed by atoms with Gasteiger partial charge in [0.2, 0.25) is 5.95 Å². The van der Waals surface area contributed by atoms with Crippen LogP contribution >= 0.6 is 0 Å². The van der Waals surface area contributed by atoms with Crippen LogP contribution in [0.3, 0.4) is 0 Å². The molecule has 0 unspecified atom stereocenters. The van der Waals surface area contributed by atoms with Crippen LogP contribution in [0.2, 0.25) is 0 Å². The fourth-order valence-electron chi connectivity index (χ4n) is 3.01. The number of imidazole rings is 1. The van der Waals surface area contributed by atoms with Crippen molar-refractivity contribution in [1.29, 1.82) is 0 Å². The lowest BCUT2D eigenvalue weighted by molar-refractivity contribution is -0.385. The minimum absolute atomic E-state index is 0.00875. The Bertz CT molecular complexity index is 1210. The molecular formula is C18H14N6O3. The Balaban J connectivity index is 1.97. The van der Waals surface area contributed by atoms with Gasteiger partial charge in [-0.2, -0.15) is 4.98 Å². The highest BCUT2D eigenvalue weighted by Crippen LogP contribution is 2.24. The van der Waals surface area contributed by atoms with E-state index in [1.165, 1.54) is 6.07 Å². The first-order valence-electron chi connectivity index (χ1n) is 8.09. The molecular weight excluding hydrogens is 348 g/mol. The zero-order valence-corrected chi connectivity index (χ0v) is 14.0. The molecule has 0 amide bonds. The number of hydrogen-bond acceptors (Lipinski definition) is 6. The van der Waals surface area contributed by atoms with Gasteiger partial charge in [-0.15, -0.1) is 0 Å². The van der Waals surface area contributed by atoms with E-state index in [1.54, 1.807) is 22.8 Å². The molecule has 2 heterocycles. The fourth-order valence-corrected chi connectivity index (χ4v) is 3.01. The summed E-state index contributed by atoms with van der Waals surface area (Å²) < 4.78 is 1.69. The van der Waals surface area contributed by atoms with E-state index in [1.807, 2.05) is 30.3 Å². The molecule has 0 saturated carbocycles. The lowest BCUT2D eigenvalue weighted by Gasteiger charge is -2.09. The Morgan fingerprint density at radius 3 is 2.52 bits per heavy atom. The Morgan fingerprint density at radius 2 is 1.78 bits per heavy atom. The van der Waals surface area contributed by atoms with Gasteiger partial charge in [0.15, 0.2) is 11.2 Å². The molecule has 0 aliphatic rings. The summed E-state index contributed by atoms with van der Waals surface area (Å²) in [6, 6.07) is 15.6. The molecule has 27 heavy (non-hydrogen) atoms. The van der Waals surface area contributed by atoms with Crippen LogP contribution in [0.15, 0.2) is 59.4 Å². The second-order valence-corrected chi connectivity index (χ2v) is 5.88. The number of H-pyrrole nitrogens is 1. The monoisotopic (exact) mass is 362 g/mol. The van der Waals surface area contributed by atoms with Crippen LogP contribution in [-0.4, -0.2) is 24.4 Å². The summed E-state index contributed by atoms with van der Waals surface area (Å²) >= 11 is 0. The number of nitrogen functional groups attached to an aromatic ring is 1. The first-order chi connectivity index (χ1) is 13.0. The Kier molecular flexibility index (Phi) is 3.88. The summed E-state index contributed by atoms with van der Waals surface area (Å²) in [5, 5.41) is 11.3. The van der Waals surface area contributed by atoms with E-state index in [9.17, 15) is 14.9 Å². The van der Waals surface area contributed by atoms with E-state index < -0.39 is 10.5 Å². The summed E-state index contributed by atoms with van der Waals surface area (Å²) in [7, 11) is 0. The van der Waals surface area contributed by atoms with Crippen LogP contribution in [0.1, 0.15) is 11.4 Å². The van der Waals surface area contributed by atoms with E-state index >= 15 is 0 Å². The molecule has 0 aliphatic heterocycles. The van der Waals surface area contributed by atoms with E-state index in [4.69, 9.17) is 5.73 Å². The lowest BCUT2D eigenvalue weighted by Crippen LogP contribution is -2.12. The van der Waals surface area contributed by atoms with Gasteiger partial charge in [-0.3, -0.25) is 24.5 Å². The topological polar surface area (TPSA) is 133 Å². The number of hydrogen-bond donors (Lipinski definition) is 2. The predicted octanol–water partition coefficient (Wildman–Crippen LogP) is 2.19. The third kappa shape index (κ3) is 2.91. The molecule has 0 spiro atoms. The Hall–Kier alpha value is -4.01. The fraction of sp³-hybridized carbons (Fsp3) is 0.0556. The number of nitro benzene ring substituents is 1. The maximum atomic E-state index is 12.3. The smallest absolute Gasteiger partial charge is 0.280 e. The third-order valence-corrected chi connectivity index (χ3v) is 4.16. The highest BCUT2D eigenvalue weighted by molar-refractivity contribution is 5.74. The number of benzene rings is 2. The first kappa shape index (κ1) is 16.5. The Labute approximate surface area is 152 Å². The lowest BCUT2D eigenvalue weighted by atomic mass is 10.1. The van der Waals surface area contributed by atoms with Crippen molar-refractivity contribution in [2.75, 3.05) is 5.73 Å². The zero-order valence-electron chi connectivity index (χ0n) is 14.0. The van der Waals surface area contributed by atoms with Crippen LogP contribution in [-0.2, 0) is 6.42 Å². The molecule has 0 aliphatic carbocycles. The number of nitrogens with two attached hydrogens (primary N) is 1. The van der Waals surface area contributed by atoms with Gasteiger partial charge < -0.3 is 5.73 Å². The molecule has 4 rings (SSSR count). The SMILES string of the molecule is Nc1nc2c(nc(Cc3ccccc3[N+](=O)[O-])n2-c2ccccc2)c(=O)[nH]1. The summed E-state index contributed by atoms with van der Waals surface area (Å²) in [5.74, 6) is 0.427. The van der Waals surface area contributed by atoms with Gasteiger partial charge in [-0.05, 0) is 12.1 Å². The van der Waals surface area contributed by atoms with E-state index in [-0.39, 0.29) is 23.6 Å². The van der Waals surface area contributed by atoms with Crippen molar-refractivity contribution in [1.82, 2.24) is 19.5 Å². The number of aromatic amines is 1. The quantitative estimate of drug-likeness (QED) is 0.422. The van der Waals surface area contributed by atoms with Crippen LogP contribution in [0.4, 0.5) is 11.6 Å². The van der Waals surface area contributed by atoms with Gasteiger partial charge in [-0.25, -0.2) is 4.98 Å². The normalized spacial score (nSPS) is 11.0. The molecule has 4 aromatic rings. The van der Waals surface area contributed by atoms with Gasteiger partial charge in [0, 0.05) is 23.7 Å². The second-order valence-electron chi connectivity index (χ2n) is 5.88. The molecule has 0 radical (unpaired) electrons. The Morgan fingerprint density at radius 1 is 1.07 bits per heavy atom. The zero-order chi connectivity index (χ0) is 19.0. The first-order valence-corrected chi connectivity index (χ1v) is 8.09. The average Bonchev–Trinajstić information content (AvgIpc) is 3.01. The molecule has 2 aromatic carbocycles. The van der Waals surface area contributed by atoms with Gasteiger partial charge in [0.1, 0.15) is 5.82 Å². The summed E-state index contributed by atoms with van der Waals surface area (Å²) in [6.45, 7) is 0. The molecule has 2 aromatic heterocycles.